The van der Waals surface area contributed by atoms with Crippen LogP contribution in [0.5, 0.6) is 5.75 Å². The summed E-state index contributed by atoms with van der Waals surface area (Å²) in [6, 6.07) is 22.0. The fourth-order valence-electron chi connectivity index (χ4n) is 2.64. The molecule has 29 heavy (non-hydrogen) atoms. The van der Waals surface area contributed by atoms with Gasteiger partial charge in [0, 0.05) is 16.8 Å². The zero-order valence-electron chi connectivity index (χ0n) is 15.2. The zero-order chi connectivity index (χ0) is 20.1. The van der Waals surface area contributed by atoms with Gasteiger partial charge in [-0.25, -0.2) is 4.39 Å². The number of benzene rings is 3. The van der Waals surface area contributed by atoms with Crippen LogP contribution in [0.2, 0.25) is 0 Å². The summed E-state index contributed by atoms with van der Waals surface area (Å²) in [4.78, 5) is 16.4. The molecule has 0 bridgehead atoms. The minimum Gasteiger partial charge on any atom is -0.484 e. The van der Waals surface area contributed by atoms with Gasteiger partial charge in [-0.2, -0.15) is 4.98 Å². The minimum absolute atomic E-state index is 0.134. The number of aromatic nitrogens is 2. The Kier molecular flexibility index (Phi) is 5.29. The molecule has 0 saturated carbocycles. The van der Waals surface area contributed by atoms with Crippen LogP contribution in [0.25, 0.3) is 22.8 Å². The van der Waals surface area contributed by atoms with Gasteiger partial charge in [0.15, 0.2) is 6.61 Å². The van der Waals surface area contributed by atoms with Crippen LogP contribution in [0, 0.1) is 5.82 Å². The van der Waals surface area contributed by atoms with Crippen molar-refractivity contribution in [2.24, 2.45) is 0 Å². The van der Waals surface area contributed by atoms with Gasteiger partial charge in [0.2, 0.25) is 5.82 Å². The molecule has 1 amide bonds. The first-order valence-corrected chi connectivity index (χ1v) is 8.85. The molecule has 0 aliphatic carbocycles. The van der Waals surface area contributed by atoms with E-state index in [2.05, 4.69) is 15.5 Å². The summed E-state index contributed by atoms with van der Waals surface area (Å²) >= 11 is 0. The van der Waals surface area contributed by atoms with E-state index in [-0.39, 0.29) is 24.2 Å². The van der Waals surface area contributed by atoms with Crippen LogP contribution in [-0.4, -0.2) is 22.7 Å². The predicted octanol–water partition coefficient (Wildman–Crippen LogP) is 4.56. The third-order valence-electron chi connectivity index (χ3n) is 4.04. The van der Waals surface area contributed by atoms with Crippen molar-refractivity contribution in [2.75, 3.05) is 11.9 Å². The molecule has 0 aliphatic rings. The molecule has 0 aliphatic heterocycles. The first kappa shape index (κ1) is 18.4. The number of nitrogens with one attached hydrogen (secondary N) is 1. The van der Waals surface area contributed by atoms with E-state index < -0.39 is 0 Å². The van der Waals surface area contributed by atoms with Crippen LogP contribution in [0.4, 0.5) is 10.1 Å². The fourth-order valence-corrected chi connectivity index (χ4v) is 2.64. The Labute approximate surface area is 166 Å². The third kappa shape index (κ3) is 4.65. The fraction of sp³-hybridized carbons (Fsp3) is 0.0455. The number of hydrogen-bond donors (Lipinski definition) is 1. The Morgan fingerprint density at radius 3 is 2.55 bits per heavy atom. The van der Waals surface area contributed by atoms with Crippen LogP contribution < -0.4 is 10.1 Å². The SMILES string of the molecule is O=C(COc1cccc(-c2noc(-c3ccc(F)cc3)n2)c1)Nc1ccccc1. The topological polar surface area (TPSA) is 77.2 Å². The van der Waals surface area contributed by atoms with Crippen LogP contribution in [0.3, 0.4) is 0 Å². The largest absolute Gasteiger partial charge is 0.484 e. The Morgan fingerprint density at radius 2 is 1.76 bits per heavy atom. The maximum atomic E-state index is 13.1. The molecular weight excluding hydrogens is 373 g/mol. The Bertz CT molecular complexity index is 1110. The number of rotatable bonds is 6. The van der Waals surface area contributed by atoms with E-state index in [1.807, 2.05) is 18.2 Å². The lowest BCUT2D eigenvalue weighted by Crippen LogP contribution is -2.20. The number of anilines is 1. The quantitative estimate of drug-likeness (QED) is 0.523. The molecule has 4 rings (SSSR count). The van der Waals surface area contributed by atoms with Gasteiger partial charge in [-0.05, 0) is 48.5 Å². The van der Waals surface area contributed by atoms with Crippen LogP contribution in [0.1, 0.15) is 0 Å². The molecule has 4 aromatic rings. The summed E-state index contributed by atoms with van der Waals surface area (Å²) in [5.41, 5.74) is 1.99. The summed E-state index contributed by atoms with van der Waals surface area (Å²) in [5.74, 6) is 0.547. The second kappa shape index (κ2) is 8.35. The van der Waals surface area contributed by atoms with E-state index in [1.165, 1.54) is 12.1 Å². The summed E-state index contributed by atoms with van der Waals surface area (Å²) in [7, 11) is 0. The lowest BCUT2D eigenvalue weighted by Gasteiger charge is -2.08. The van der Waals surface area contributed by atoms with E-state index >= 15 is 0 Å². The maximum Gasteiger partial charge on any atom is 0.262 e. The Balaban J connectivity index is 1.42. The van der Waals surface area contributed by atoms with Gasteiger partial charge in [0.25, 0.3) is 11.8 Å². The lowest BCUT2D eigenvalue weighted by molar-refractivity contribution is -0.118. The van der Waals surface area contributed by atoms with Crippen molar-refractivity contribution < 1.29 is 18.4 Å². The molecule has 1 heterocycles. The monoisotopic (exact) mass is 389 g/mol. The van der Waals surface area contributed by atoms with Crippen molar-refractivity contribution in [3.63, 3.8) is 0 Å². The van der Waals surface area contributed by atoms with Gasteiger partial charge in [-0.1, -0.05) is 35.5 Å². The molecule has 144 valence electrons. The van der Waals surface area contributed by atoms with E-state index in [0.29, 0.717) is 28.4 Å². The molecule has 0 saturated heterocycles. The van der Waals surface area contributed by atoms with Crippen molar-refractivity contribution in [1.29, 1.82) is 0 Å². The Hall–Kier alpha value is -4.00. The average Bonchev–Trinajstić information content (AvgIpc) is 3.24. The average molecular weight is 389 g/mol. The highest BCUT2D eigenvalue weighted by molar-refractivity contribution is 5.91. The molecule has 3 aromatic carbocycles. The van der Waals surface area contributed by atoms with Crippen molar-refractivity contribution in [1.82, 2.24) is 10.1 Å². The number of nitrogens with zero attached hydrogens (tertiary/aromatic N) is 2. The highest BCUT2D eigenvalue weighted by Crippen LogP contribution is 2.25. The van der Waals surface area contributed by atoms with Crippen LogP contribution in [0.15, 0.2) is 83.4 Å². The second-order valence-corrected chi connectivity index (χ2v) is 6.16. The molecule has 0 radical (unpaired) electrons. The third-order valence-corrected chi connectivity index (χ3v) is 4.04. The number of para-hydroxylation sites is 1. The number of carbonyl (C=O) groups excluding carboxylic acids is 1. The summed E-state index contributed by atoms with van der Waals surface area (Å²) in [6.45, 7) is -0.134. The van der Waals surface area contributed by atoms with Crippen molar-refractivity contribution in [3.05, 3.63) is 84.7 Å². The van der Waals surface area contributed by atoms with Gasteiger partial charge in [0.05, 0.1) is 0 Å². The molecule has 0 unspecified atom stereocenters. The highest BCUT2D eigenvalue weighted by Gasteiger charge is 2.12. The van der Waals surface area contributed by atoms with E-state index in [1.54, 1.807) is 48.5 Å². The van der Waals surface area contributed by atoms with E-state index in [9.17, 15) is 9.18 Å². The van der Waals surface area contributed by atoms with Gasteiger partial charge < -0.3 is 14.6 Å². The first-order valence-electron chi connectivity index (χ1n) is 8.85. The summed E-state index contributed by atoms with van der Waals surface area (Å²) in [5, 5.41) is 6.72. The highest BCUT2D eigenvalue weighted by atomic mass is 19.1. The lowest BCUT2D eigenvalue weighted by atomic mass is 10.2. The molecule has 7 heteroatoms. The minimum atomic E-state index is -0.338. The molecule has 0 spiro atoms. The van der Waals surface area contributed by atoms with Crippen LogP contribution >= 0.6 is 0 Å². The molecular formula is C22H16FN3O3. The first-order chi connectivity index (χ1) is 14.2. The smallest absolute Gasteiger partial charge is 0.262 e. The van der Waals surface area contributed by atoms with Gasteiger partial charge in [-0.15, -0.1) is 0 Å². The molecule has 1 aromatic heterocycles. The number of amides is 1. The van der Waals surface area contributed by atoms with Crippen molar-refractivity contribution in [3.8, 4) is 28.6 Å². The number of ether oxygens (including phenoxy) is 1. The Morgan fingerprint density at radius 1 is 0.966 bits per heavy atom. The maximum absolute atomic E-state index is 13.1. The second-order valence-electron chi connectivity index (χ2n) is 6.16. The summed E-state index contributed by atoms with van der Waals surface area (Å²) in [6.07, 6.45) is 0. The standard InChI is InChI=1S/C22H16FN3O3/c23-17-11-9-15(10-12-17)22-25-21(26-29-22)16-5-4-8-19(13-16)28-14-20(27)24-18-6-2-1-3-7-18/h1-13H,14H2,(H,24,27). The number of carbonyl (C=O) groups is 1. The van der Waals surface area contributed by atoms with Crippen molar-refractivity contribution >= 4 is 11.6 Å². The van der Waals surface area contributed by atoms with Gasteiger partial charge in [-0.3, -0.25) is 4.79 Å². The molecule has 1 N–H and O–H groups in total. The van der Waals surface area contributed by atoms with Crippen molar-refractivity contribution in [2.45, 2.75) is 0 Å². The van der Waals surface area contributed by atoms with Gasteiger partial charge in [0.1, 0.15) is 11.6 Å². The zero-order valence-corrected chi connectivity index (χ0v) is 15.2. The molecule has 0 fully saturated rings. The predicted molar refractivity (Wildman–Crippen MR) is 106 cm³/mol. The summed E-state index contributed by atoms with van der Waals surface area (Å²) < 4.78 is 23.9. The van der Waals surface area contributed by atoms with E-state index in [4.69, 9.17) is 9.26 Å². The van der Waals surface area contributed by atoms with Gasteiger partial charge >= 0.3 is 0 Å². The molecule has 0 atom stereocenters. The number of halogens is 1. The molecule has 6 nitrogen and oxygen atoms in total. The normalized spacial score (nSPS) is 10.5. The number of hydrogen-bond acceptors (Lipinski definition) is 5. The van der Waals surface area contributed by atoms with E-state index in [0.717, 1.165) is 0 Å². The van der Waals surface area contributed by atoms with Crippen LogP contribution in [-0.2, 0) is 4.79 Å².